The van der Waals surface area contributed by atoms with E-state index in [2.05, 4.69) is 0 Å². The van der Waals surface area contributed by atoms with Gasteiger partial charge in [-0.1, -0.05) is 23.7 Å². The predicted molar refractivity (Wildman–Crippen MR) is 127 cm³/mol. The van der Waals surface area contributed by atoms with Gasteiger partial charge in [-0.25, -0.2) is 4.98 Å². The van der Waals surface area contributed by atoms with Crippen molar-refractivity contribution in [2.75, 3.05) is 24.5 Å². The molecule has 0 bridgehead atoms. The lowest BCUT2D eigenvalue weighted by Crippen LogP contribution is -2.46. The van der Waals surface area contributed by atoms with E-state index < -0.39 is 6.10 Å². The summed E-state index contributed by atoms with van der Waals surface area (Å²) in [5.41, 5.74) is 1.68. The number of nitrogens with zero attached hydrogens (tertiary/aromatic N) is 3. The quantitative estimate of drug-likeness (QED) is 0.547. The van der Waals surface area contributed by atoms with E-state index in [1.165, 1.54) is 0 Å². The standard InChI is InChI=1S/C24H24ClN3O3S/c1-15-24(30)28(19-4-2-3-5-20(19)31-15)13-10-22(29)27-11-8-16(9-12-27)23-26-18-14-17(25)6-7-21(18)32-23/h2-7,14-16H,8-13H2,1H3. The number of halogens is 1. The number of amides is 2. The van der Waals surface area contributed by atoms with Crippen LogP contribution in [0.5, 0.6) is 5.75 Å². The molecular formula is C24H24ClN3O3S. The minimum Gasteiger partial charge on any atom is -0.479 e. The molecule has 6 nitrogen and oxygen atoms in total. The third-order valence-corrected chi connectivity index (χ3v) is 7.62. The molecule has 0 saturated carbocycles. The number of anilines is 1. The number of carbonyl (C=O) groups excluding carboxylic acids is 2. The maximum Gasteiger partial charge on any atom is 0.267 e. The van der Waals surface area contributed by atoms with Gasteiger partial charge in [0.25, 0.3) is 5.91 Å². The van der Waals surface area contributed by atoms with Crippen LogP contribution in [-0.4, -0.2) is 47.4 Å². The number of thiazole rings is 1. The number of hydrogen-bond acceptors (Lipinski definition) is 5. The molecule has 3 aromatic rings. The van der Waals surface area contributed by atoms with E-state index in [1.807, 2.05) is 47.4 Å². The summed E-state index contributed by atoms with van der Waals surface area (Å²) in [5, 5.41) is 1.82. The van der Waals surface area contributed by atoms with Gasteiger partial charge in [0.15, 0.2) is 6.10 Å². The third kappa shape index (κ3) is 4.07. The molecule has 0 aliphatic carbocycles. The molecule has 8 heteroatoms. The van der Waals surface area contributed by atoms with Crippen LogP contribution >= 0.6 is 22.9 Å². The van der Waals surface area contributed by atoms with Gasteiger partial charge in [-0.2, -0.15) is 0 Å². The fraction of sp³-hybridized carbons (Fsp3) is 0.375. The minimum absolute atomic E-state index is 0.0870. The van der Waals surface area contributed by atoms with Crippen LogP contribution in [0.15, 0.2) is 42.5 Å². The normalized spacial score (nSPS) is 19.2. The highest BCUT2D eigenvalue weighted by molar-refractivity contribution is 7.18. The van der Waals surface area contributed by atoms with Gasteiger partial charge in [-0.05, 0) is 50.1 Å². The number of hydrogen-bond donors (Lipinski definition) is 0. The molecule has 1 saturated heterocycles. The van der Waals surface area contributed by atoms with Crippen molar-refractivity contribution in [3.63, 3.8) is 0 Å². The molecule has 1 atom stereocenters. The molecule has 2 aliphatic heterocycles. The van der Waals surface area contributed by atoms with Crippen molar-refractivity contribution in [2.45, 2.75) is 38.2 Å². The molecule has 2 aromatic carbocycles. The first-order chi connectivity index (χ1) is 15.5. The molecule has 1 fully saturated rings. The Morgan fingerprint density at radius 1 is 1.22 bits per heavy atom. The van der Waals surface area contributed by atoms with Crippen LogP contribution in [-0.2, 0) is 9.59 Å². The van der Waals surface area contributed by atoms with E-state index in [-0.39, 0.29) is 11.8 Å². The summed E-state index contributed by atoms with van der Waals surface area (Å²) >= 11 is 7.80. The van der Waals surface area contributed by atoms with Crippen molar-refractivity contribution in [1.29, 1.82) is 0 Å². The van der Waals surface area contributed by atoms with Gasteiger partial charge in [-0.3, -0.25) is 9.59 Å². The van der Waals surface area contributed by atoms with Crippen molar-refractivity contribution in [3.8, 4) is 5.75 Å². The largest absolute Gasteiger partial charge is 0.479 e. The monoisotopic (exact) mass is 469 g/mol. The first-order valence-electron chi connectivity index (χ1n) is 10.9. The number of aromatic nitrogens is 1. The number of fused-ring (bicyclic) bond motifs is 2. The zero-order chi connectivity index (χ0) is 22.2. The van der Waals surface area contributed by atoms with E-state index in [9.17, 15) is 9.59 Å². The topological polar surface area (TPSA) is 62.7 Å². The molecule has 166 valence electrons. The van der Waals surface area contributed by atoms with Gasteiger partial charge in [0.05, 0.1) is 20.9 Å². The lowest BCUT2D eigenvalue weighted by molar-refractivity contribution is -0.132. The van der Waals surface area contributed by atoms with Crippen LogP contribution in [0.2, 0.25) is 5.02 Å². The second kappa shape index (κ2) is 8.71. The SMILES string of the molecule is CC1Oc2ccccc2N(CCC(=O)N2CCC(c3nc4cc(Cl)ccc4s3)CC2)C1=O. The number of benzene rings is 2. The fourth-order valence-corrected chi connectivity index (χ4v) is 5.71. The number of para-hydroxylation sites is 2. The Morgan fingerprint density at radius 2 is 2.00 bits per heavy atom. The molecule has 2 aliphatic rings. The van der Waals surface area contributed by atoms with Gasteiger partial charge in [-0.15, -0.1) is 11.3 Å². The Kier molecular flexibility index (Phi) is 5.78. The van der Waals surface area contributed by atoms with E-state index >= 15 is 0 Å². The smallest absolute Gasteiger partial charge is 0.267 e. The lowest BCUT2D eigenvalue weighted by Gasteiger charge is -2.34. The van der Waals surface area contributed by atoms with Crippen molar-refractivity contribution in [2.24, 2.45) is 0 Å². The molecular weight excluding hydrogens is 446 g/mol. The van der Waals surface area contributed by atoms with Crippen molar-refractivity contribution in [3.05, 3.63) is 52.5 Å². The van der Waals surface area contributed by atoms with Gasteiger partial charge in [0.2, 0.25) is 5.91 Å². The second-order valence-corrected chi connectivity index (χ2v) is 9.79. The van der Waals surface area contributed by atoms with E-state index in [4.69, 9.17) is 21.3 Å². The van der Waals surface area contributed by atoms with E-state index in [0.717, 1.165) is 33.8 Å². The molecule has 1 unspecified atom stereocenters. The predicted octanol–water partition coefficient (Wildman–Crippen LogP) is 4.86. The highest BCUT2D eigenvalue weighted by Gasteiger charge is 2.32. The Hall–Kier alpha value is -2.64. The van der Waals surface area contributed by atoms with Crippen LogP contribution in [0.4, 0.5) is 5.69 Å². The third-order valence-electron chi connectivity index (χ3n) is 6.19. The average Bonchev–Trinajstić information content (AvgIpc) is 3.22. The summed E-state index contributed by atoms with van der Waals surface area (Å²) in [7, 11) is 0. The molecule has 1 aromatic heterocycles. The van der Waals surface area contributed by atoms with Crippen molar-refractivity contribution >= 4 is 50.7 Å². The van der Waals surface area contributed by atoms with Gasteiger partial charge >= 0.3 is 0 Å². The molecule has 0 spiro atoms. The number of likely N-dealkylation sites (tertiary alicyclic amines) is 1. The summed E-state index contributed by atoms with van der Waals surface area (Å²) in [6.07, 6.45) is 1.56. The minimum atomic E-state index is -0.542. The Labute approximate surface area is 195 Å². The van der Waals surface area contributed by atoms with E-state index in [1.54, 1.807) is 23.2 Å². The van der Waals surface area contributed by atoms with Crippen LogP contribution in [0.25, 0.3) is 10.2 Å². The van der Waals surface area contributed by atoms with Crippen LogP contribution in [0.1, 0.15) is 37.1 Å². The van der Waals surface area contributed by atoms with Gasteiger partial charge in [0.1, 0.15) is 5.75 Å². The van der Waals surface area contributed by atoms with Crippen LogP contribution in [0, 0.1) is 0 Å². The summed E-state index contributed by atoms with van der Waals surface area (Å²) in [6.45, 7) is 3.53. The van der Waals surface area contributed by atoms with Crippen molar-refractivity contribution < 1.29 is 14.3 Å². The number of carbonyl (C=O) groups is 2. The number of ether oxygens (including phenoxy) is 1. The first-order valence-corrected chi connectivity index (χ1v) is 12.1. The second-order valence-electron chi connectivity index (χ2n) is 8.29. The molecule has 0 N–H and O–H groups in total. The average molecular weight is 470 g/mol. The zero-order valence-electron chi connectivity index (χ0n) is 17.8. The highest BCUT2D eigenvalue weighted by atomic mass is 35.5. The molecule has 2 amide bonds. The van der Waals surface area contributed by atoms with Crippen LogP contribution < -0.4 is 9.64 Å². The summed E-state index contributed by atoms with van der Waals surface area (Å²) < 4.78 is 6.83. The van der Waals surface area contributed by atoms with Crippen molar-refractivity contribution in [1.82, 2.24) is 9.88 Å². The zero-order valence-corrected chi connectivity index (χ0v) is 19.4. The summed E-state index contributed by atoms with van der Waals surface area (Å²) in [4.78, 5) is 33.9. The molecule has 0 radical (unpaired) electrons. The van der Waals surface area contributed by atoms with Gasteiger partial charge in [0, 0.05) is 37.0 Å². The number of rotatable bonds is 4. The summed E-state index contributed by atoms with van der Waals surface area (Å²) in [5.74, 6) is 1.03. The maximum atomic E-state index is 12.9. The first kappa shape index (κ1) is 21.2. The summed E-state index contributed by atoms with van der Waals surface area (Å²) in [6, 6.07) is 13.3. The Bertz CT molecular complexity index is 1170. The number of piperidine rings is 1. The van der Waals surface area contributed by atoms with Gasteiger partial charge < -0.3 is 14.5 Å². The molecule has 3 heterocycles. The van der Waals surface area contributed by atoms with Crippen LogP contribution in [0.3, 0.4) is 0 Å². The Balaban J connectivity index is 1.19. The maximum absolute atomic E-state index is 12.9. The molecule has 5 rings (SSSR count). The Morgan fingerprint density at radius 3 is 2.81 bits per heavy atom. The fourth-order valence-electron chi connectivity index (χ4n) is 4.42. The van der Waals surface area contributed by atoms with E-state index in [0.29, 0.717) is 42.7 Å². The lowest BCUT2D eigenvalue weighted by atomic mass is 9.97. The highest BCUT2D eigenvalue weighted by Crippen LogP contribution is 2.36. The molecule has 32 heavy (non-hydrogen) atoms.